The highest BCUT2D eigenvalue weighted by Crippen LogP contribution is 2.30. The summed E-state index contributed by atoms with van der Waals surface area (Å²) in [5.74, 6) is 1.49. The van der Waals surface area contributed by atoms with E-state index in [1.807, 2.05) is 60.0 Å². The second-order valence-corrected chi connectivity index (χ2v) is 7.81. The highest BCUT2D eigenvalue weighted by Gasteiger charge is 2.22. The second-order valence-electron chi connectivity index (χ2n) is 7.81. The summed E-state index contributed by atoms with van der Waals surface area (Å²) in [7, 11) is 1.64. The van der Waals surface area contributed by atoms with E-state index in [1.54, 1.807) is 11.7 Å². The van der Waals surface area contributed by atoms with Gasteiger partial charge in [-0.3, -0.25) is 13.9 Å². The van der Waals surface area contributed by atoms with Crippen LogP contribution in [0.3, 0.4) is 0 Å². The molecule has 162 valence electrons. The van der Waals surface area contributed by atoms with Crippen molar-refractivity contribution >= 4 is 33.2 Å². The zero-order valence-corrected chi connectivity index (χ0v) is 18.5. The van der Waals surface area contributed by atoms with Gasteiger partial charge in [0.1, 0.15) is 22.5 Å². The van der Waals surface area contributed by atoms with Gasteiger partial charge in [0.25, 0.3) is 5.56 Å². The third-order valence-corrected chi connectivity index (χ3v) is 5.80. The Kier molecular flexibility index (Phi) is 5.09. The fourth-order valence-electron chi connectivity index (χ4n) is 4.18. The summed E-state index contributed by atoms with van der Waals surface area (Å²) in [6, 6.07) is 15.4. The third-order valence-electron chi connectivity index (χ3n) is 5.80. The molecular weight excluding hydrogens is 402 g/mol. The van der Waals surface area contributed by atoms with Crippen LogP contribution in [0.25, 0.3) is 38.9 Å². The quantitative estimate of drug-likeness (QED) is 0.394. The molecule has 0 saturated heterocycles. The highest BCUT2D eigenvalue weighted by atomic mass is 16.5. The summed E-state index contributed by atoms with van der Waals surface area (Å²) in [4.78, 5) is 28.5. The number of hydrogen-bond acceptors (Lipinski definition) is 5. The smallest absolute Gasteiger partial charge is 0.265 e. The lowest BCUT2D eigenvalue weighted by atomic mass is 10.2. The SMILES string of the molecule is CCCCn1c(CC)nc2c(c1=O)c1nc3ccccc3nc1n2-c1cccc(OC)c1. The minimum Gasteiger partial charge on any atom is -0.497 e. The van der Waals surface area contributed by atoms with E-state index in [0.717, 1.165) is 41.1 Å². The Morgan fingerprint density at radius 1 is 0.938 bits per heavy atom. The summed E-state index contributed by atoms with van der Waals surface area (Å²) in [5.41, 5.74) is 4.07. The number of aromatic nitrogens is 5. The van der Waals surface area contributed by atoms with E-state index in [0.29, 0.717) is 35.2 Å². The van der Waals surface area contributed by atoms with Gasteiger partial charge in [0.15, 0.2) is 11.3 Å². The van der Waals surface area contributed by atoms with Crippen LogP contribution in [0.5, 0.6) is 5.75 Å². The van der Waals surface area contributed by atoms with Crippen LogP contribution in [0.1, 0.15) is 32.5 Å². The van der Waals surface area contributed by atoms with Gasteiger partial charge in [0.05, 0.1) is 23.8 Å². The van der Waals surface area contributed by atoms with E-state index >= 15 is 0 Å². The first-order chi connectivity index (χ1) is 15.7. The van der Waals surface area contributed by atoms with Crippen LogP contribution in [0.2, 0.25) is 0 Å². The number of hydrogen-bond donors (Lipinski definition) is 0. The van der Waals surface area contributed by atoms with Gasteiger partial charge in [-0.25, -0.2) is 15.0 Å². The van der Waals surface area contributed by atoms with E-state index < -0.39 is 0 Å². The maximum Gasteiger partial charge on any atom is 0.265 e. The van der Waals surface area contributed by atoms with Crippen molar-refractivity contribution in [1.29, 1.82) is 0 Å². The molecule has 0 fully saturated rings. The molecule has 0 aliphatic rings. The number of para-hydroxylation sites is 2. The number of aryl methyl sites for hydroxylation is 1. The van der Waals surface area contributed by atoms with Crippen LogP contribution in [0.15, 0.2) is 53.3 Å². The van der Waals surface area contributed by atoms with Gasteiger partial charge in [-0.2, -0.15) is 0 Å². The van der Waals surface area contributed by atoms with E-state index in [-0.39, 0.29) is 5.56 Å². The first kappa shape index (κ1) is 20.2. The number of fused-ring (bicyclic) bond motifs is 4. The molecule has 0 atom stereocenters. The average Bonchev–Trinajstić information content (AvgIpc) is 3.14. The van der Waals surface area contributed by atoms with Crippen LogP contribution >= 0.6 is 0 Å². The van der Waals surface area contributed by atoms with Crippen LogP contribution in [-0.4, -0.2) is 31.2 Å². The van der Waals surface area contributed by atoms with E-state index in [4.69, 9.17) is 19.7 Å². The lowest BCUT2D eigenvalue weighted by Crippen LogP contribution is -2.25. The van der Waals surface area contributed by atoms with Gasteiger partial charge in [-0.05, 0) is 30.7 Å². The molecule has 0 aliphatic heterocycles. The van der Waals surface area contributed by atoms with E-state index in [1.165, 1.54) is 0 Å². The van der Waals surface area contributed by atoms with Gasteiger partial charge >= 0.3 is 0 Å². The number of nitrogens with zero attached hydrogens (tertiary/aromatic N) is 5. The fraction of sp³-hybridized carbons (Fsp3) is 0.280. The molecule has 0 bridgehead atoms. The lowest BCUT2D eigenvalue weighted by molar-refractivity contribution is 0.414. The van der Waals surface area contributed by atoms with E-state index in [2.05, 4.69) is 6.92 Å². The van der Waals surface area contributed by atoms with Crippen molar-refractivity contribution in [2.45, 2.75) is 39.7 Å². The molecule has 2 aromatic carbocycles. The van der Waals surface area contributed by atoms with Crippen LogP contribution < -0.4 is 10.3 Å². The topological polar surface area (TPSA) is 74.8 Å². The Hall–Kier alpha value is -3.74. The highest BCUT2D eigenvalue weighted by molar-refractivity contribution is 6.05. The summed E-state index contributed by atoms with van der Waals surface area (Å²) in [6.07, 6.45) is 2.59. The molecule has 0 radical (unpaired) electrons. The Morgan fingerprint density at radius 2 is 1.72 bits per heavy atom. The first-order valence-corrected chi connectivity index (χ1v) is 11.0. The van der Waals surface area contributed by atoms with Crippen molar-refractivity contribution < 1.29 is 4.74 Å². The normalized spacial score (nSPS) is 11.6. The number of ether oxygens (including phenoxy) is 1. The predicted molar refractivity (Wildman–Crippen MR) is 127 cm³/mol. The fourth-order valence-corrected chi connectivity index (χ4v) is 4.18. The summed E-state index contributed by atoms with van der Waals surface area (Å²) in [6.45, 7) is 4.79. The standard InChI is InChI=1S/C25H25N5O2/c1-4-6-14-29-20(5-2)28-23-21(25(29)31)22-24(27-19-13-8-7-12-18(19)26-22)30(23)16-10-9-11-17(15-16)32-3/h7-13,15H,4-6,14H2,1-3H3. The van der Waals surface area contributed by atoms with Crippen molar-refractivity contribution in [2.24, 2.45) is 0 Å². The molecule has 0 saturated carbocycles. The van der Waals surface area contributed by atoms with E-state index in [9.17, 15) is 4.79 Å². The molecule has 0 spiro atoms. The molecule has 0 amide bonds. The maximum atomic E-state index is 13.7. The second kappa shape index (κ2) is 8.07. The molecule has 0 aliphatic carbocycles. The van der Waals surface area contributed by atoms with Crippen LogP contribution in [0, 0.1) is 0 Å². The maximum absolute atomic E-state index is 13.7. The Morgan fingerprint density at radius 3 is 2.44 bits per heavy atom. The van der Waals surface area contributed by atoms with Crippen molar-refractivity contribution in [3.05, 3.63) is 64.7 Å². The zero-order chi connectivity index (χ0) is 22.2. The third kappa shape index (κ3) is 3.12. The summed E-state index contributed by atoms with van der Waals surface area (Å²) < 4.78 is 9.18. The Labute approximate surface area is 185 Å². The van der Waals surface area contributed by atoms with Gasteiger partial charge in [0, 0.05) is 19.0 Å². The number of methoxy groups -OCH3 is 1. The van der Waals surface area contributed by atoms with Crippen molar-refractivity contribution in [3.8, 4) is 11.4 Å². The average molecular weight is 428 g/mol. The van der Waals surface area contributed by atoms with Gasteiger partial charge in [0.2, 0.25) is 0 Å². The Balaban J connectivity index is 1.96. The number of unbranched alkanes of at least 4 members (excludes halogenated alkanes) is 1. The van der Waals surface area contributed by atoms with Gasteiger partial charge in [-0.15, -0.1) is 0 Å². The summed E-state index contributed by atoms with van der Waals surface area (Å²) in [5, 5.41) is 0.509. The number of rotatable bonds is 6. The monoisotopic (exact) mass is 427 g/mol. The number of benzene rings is 2. The minimum atomic E-state index is -0.0588. The molecule has 5 rings (SSSR count). The zero-order valence-electron chi connectivity index (χ0n) is 18.5. The van der Waals surface area contributed by atoms with Crippen LogP contribution in [0.4, 0.5) is 0 Å². The lowest BCUT2D eigenvalue weighted by Gasteiger charge is -2.12. The molecule has 3 aromatic heterocycles. The van der Waals surface area contributed by atoms with Crippen molar-refractivity contribution in [1.82, 2.24) is 24.1 Å². The molecule has 0 N–H and O–H groups in total. The predicted octanol–water partition coefficient (Wildman–Crippen LogP) is 4.65. The molecule has 32 heavy (non-hydrogen) atoms. The van der Waals surface area contributed by atoms with Crippen LogP contribution in [-0.2, 0) is 13.0 Å². The minimum absolute atomic E-state index is 0.0588. The summed E-state index contributed by atoms with van der Waals surface area (Å²) >= 11 is 0. The molecule has 5 aromatic rings. The largest absolute Gasteiger partial charge is 0.497 e. The van der Waals surface area contributed by atoms with Gasteiger partial charge in [-0.1, -0.05) is 38.5 Å². The van der Waals surface area contributed by atoms with Crippen molar-refractivity contribution in [2.75, 3.05) is 7.11 Å². The molecular formula is C25H25N5O2. The molecule has 0 unspecified atom stereocenters. The molecule has 7 nitrogen and oxygen atoms in total. The Bertz CT molecular complexity index is 1520. The molecule has 3 heterocycles. The molecule has 7 heteroatoms. The first-order valence-electron chi connectivity index (χ1n) is 11.0. The van der Waals surface area contributed by atoms with Crippen molar-refractivity contribution in [3.63, 3.8) is 0 Å². The van der Waals surface area contributed by atoms with Gasteiger partial charge < -0.3 is 4.74 Å².